The molecule has 4 rings (SSSR count). The SMILES string of the molecule is O=C(O)c1ccc(C(=O)N2CCc3nc4n(c(=O)c3C2)CCCC4)cc1. The van der Waals surface area contributed by atoms with E-state index >= 15 is 0 Å². The first-order chi connectivity index (χ1) is 12.5. The summed E-state index contributed by atoms with van der Waals surface area (Å²) in [6.45, 7) is 1.45. The molecule has 0 fully saturated rings. The highest BCUT2D eigenvalue weighted by molar-refractivity contribution is 5.96. The van der Waals surface area contributed by atoms with Gasteiger partial charge in [0.15, 0.2) is 0 Å². The van der Waals surface area contributed by atoms with Crippen LogP contribution in [0.4, 0.5) is 0 Å². The number of carbonyl (C=O) groups excluding carboxylic acids is 1. The quantitative estimate of drug-likeness (QED) is 0.883. The van der Waals surface area contributed by atoms with Crippen molar-refractivity contribution in [2.24, 2.45) is 0 Å². The lowest BCUT2D eigenvalue weighted by atomic mass is 10.0. The van der Waals surface area contributed by atoms with Gasteiger partial charge in [0.05, 0.1) is 23.4 Å². The van der Waals surface area contributed by atoms with Gasteiger partial charge in [-0.15, -0.1) is 0 Å². The summed E-state index contributed by atoms with van der Waals surface area (Å²) < 4.78 is 1.75. The van der Waals surface area contributed by atoms with Gasteiger partial charge in [0.1, 0.15) is 5.82 Å². The molecule has 1 aromatic heterocycles. The second-order valence-corrected chi connectivity index (χ2v) is 6.73. The molecule has 0 saturated carbocycles. The van der Waals surface area contributed by atoms with Gasteiger partial charge in [0.2, 0.25) is 0 Å². The number of benzene rings is 1. The van der Waals surface area contributed by atoms with Crippen LogP contribution >= 0.6 is 0 Å². The molecule has 7 nitrogen and oxygen atoms in total. The zero-order valence-electron chi connectivity index (χ0n) is 14.3. The Hall–Kier alpha value is -2.96. The lowest BCUT2D eigenvalue weighted by Gasteiger charge is -2.30. The number of amides is 1. The summed E-state index contributed by atoms with van der Waals surface area (Å²) in [5.41, 5.74) is 1.96. The number of hydrogen-bond donors (Lipinski definition) is 1. The highest BCUT2D eigenvalue weighted by Gasteiger charge is 2.27. The average molecular weight is 353 g/mol. The highest BCUT2D eigenvalue weighted by Crippen LogP contribution is 2.20. The van der Waals surface area contributed by atoms with E-state index in [1.807, 2.05) is 0 Å². The molecular formula is C19H19N3O4. The lowest BCUT2D eigenvalue weighted by molar-refractivity contribution is 0.0692. The van der Waals surface area contributed by atoms with Gasteiger partial charge < -0.3 is 10.0 Å². The van der Waals surface area contributed by atoms with Crippen molar-refractivity contribution < 1.29 is 14.7 Å². The molecule has 3 heterocycles. The van der Waals surface area contributed by atoms with Crippen LogP contribution in [0.25, 0.3) is 0 Å². The molecule has 0 saturated heterocycles. The number of aromatic nitrogens is 2. The number of nitrogens with zero attached hydrogens (tertiary/aromatic N) is 3. The molecule has 2 aromatic rings. The van der Waals surface area contributed by atoms with Crippen LogP contribution in [0.15, 0.2) is 29.1 Å². The summed E-state index contributed by atoms with van der Waals surface area (Å²) in [6, 6.07) is 5.86. The van der Waals surface area contributed by atoms with E-state index in [0.717, 1.165) is 30.8 Å². The Morgan fingerprint density at radius 3 is 2.46 bits per heavy atom. The van der Waals surface area contributed by atoms with Crippen LogP contribution in [0, 0.1) is 0 Å². The average Bonchev–Trinajstić information content (AvgIpc) is 2.67. The molecular weight excluding hydrogens is 334 g/mol. The van der Waals surface area contributed by atoms with Gasteiger partial charge in [-0.1, -0.05) is 0 Å². The molecule has 26 heavy (non-hydrogen) atoms. The Labute approximate surface area is 149 Å². The van der Waals surface area contributed by atoms with Crippen molar-refractivity contribution >= 4 is 11.9 Å². The first-order valence-corrected chi connectivity index (χ1v) is 8.78. The predicted molar refractivity (Wildman–Crippen MR) is 93.3 cm³/mol. The summed E-state index contributed by atoms with van der Waals surface area (Å²) >= 11 is 0. The molecule has 0 aliphatic carbocycles. The van der Waals surface area contributed by atoms with Gasteiger partial charge in [-0.3, -0.25) is 14.2 Å². The maximum Gasteiger partial charge on any atom is 0.335 e. The van der Waals surface area contributed by atoms with E-state index in [-0.39, 0.29) is 23.6 Å². The Kier molecular flexibility index (Phi) is 4.06. The number of carboxylic acids is 1. The van der Waals surface area contributed by atoms with Crippen molar-refractivity contribution in [3.05, 3.63) is 62.8 Å². The first kappa shape index (κ1) is 16.5. The molecule has 1 aromatic carbocycles. The molecule has 0 bridgehead atoms. The number of aromatic carboxylic acids is 1. The molecule has 0 radical (unpaired) electrons. The van der Waals surface area contributed by atoms with Gasteiger partial charge in [-0.05, 0) is 37.1 Å². The van der Waals surface area contributed by atoms with Crippen LogP contribution in [-0.4, -0.2) is 38.0 Å². The van der Waals surface area contributed by atoms with Gasteiger partial charge in [0, 0.05) is 31.5 Å². The van der Waals surface area contributed by atoms with Gasteiger partial charge >= 0.3 is 5.97 Å². The van der Waals surface area contributed by atoms with Crippen molar-refractivity contribution in [1.82, 2.24) is 14.5 Å². The maximum atomic E-state index is 12.8. The highest BCUT2D eigenvalue weighted by atomic mass is 16.4. The van der Waals surface area contributed by atoms with Crippen LogP contribution in [0.2, 0.25) is 0 Å². The summed E-state index contributed by atoms with van der Waals surface area (Å²) in [5.74, 6) is -0.362. The topological polar surface area (TPSA) is 92.5 Å². The van der Waals surface area contributed by atoms with Crippen molar-refractivity contribution in [2.45, 2.75) is 38.8 Å². The standard InChI is InChI=1S/C19H19N3O4/c23-17(12-4-6-13(7-5-12)19(25)26)21-10-8-15-14(11-21)18(24)22-9-2-1-3-16(22)20-15/h4-7H,1-3,8-11H2,(H,25,26). The van der Waals surface area contributed by atoms with E-state index in [1.54, 1.807) is 9.47 Å². The molecule has 1 N–H and O–H groups in total. The molecule has 134 valence electrons. The molecule has 0 unspecified atom stereocenters. The number of carbonyl (C=O) groups is 2. The van der Waals surface area contributed by atoms with E-state index in [9.17, 15) is 14.4 Å². The van der Waals surface area contributed by atoms with E-state index in [4.69, 9.17) is 5.11 Å². The van der Waals surface area contributed by atoms with E-state index < -0.39 is 5.97 Å². The fourth-order valence-corrected chi connectivity index (χ4v) is 3.65. The van der Waals surface area contributed by atoms with Gasteiger partial charge in [0.25, 0.3) is 11.5 Å². The normalized spacial score (nSPS) is 15.9. The predicted octanol–water partition coefficient (Wildman–Crippen LogP) is 1.48. The maximum absolute atomic E-state index is 12.8. The lowest BCUT2D eigenvalue weighted by Crippen LogP contribution is -2.42. The second-order valence-electron chi connectivity index (χ2n) is 6.73. The third-order valence-electron chi connectivity index (χ3n) is 5.09. The Morgan fingerprint density at radius 2 is 1.73 bits per heavy atom. The monoisotopic (exact) mass is 353 g/mol. The molecule has 7 heteroatoms. The minimum atomic E-state index is -1.03. The summed E-state index contributed by atoms with van der Waals surface area (Å²) in [4.78, 5) is 42.8. The first-order valence-electron chi connectivity index (χ1n) is 8.78. The van der Waals surface area contributed by atoms with E-state index in [1.165, 1.54) is 24.3 Å². The molecule has 1 amide bonds. The van der Waals surface area contributed by atoms with Crippen LogP contribution in [-0.2, 0) is 25.9 Å². The van der Waals surface area contributed by atoms with Crippen molar-refractivity contribution in [3.8, 4) is 0 Å². The number of aryl methyl sites for hydroxylation is 1. The minimum absolute atomic E-state index is 0.0246. The number of fused-ring (bicyclic) bond motifs is 2. The Balaban J connectivity index is 1.61. The molecule has 2 aliphatic heterocycles. The Bertz CT molecular complexity index is 946. The largest absolute Gasteiger partial charge is 0.478 e. The van der Waals surface area contributed by atoms with Crippen molar-refractivity contribution in [2.75, 3.05) is 6.54 Å². The van der Waals surface area contributed by atoms with E-state index in [0.29, 0.717) is 30.6 Å². The summed E-state index contributed by atoms with van der Waals surface area (Å²) in [6.07, 6.45) is 3.44. The van der Waals surface area contributed by atoms with Crippen molar-refractivity contribution in [3.63, 3.8) is 0 Å². The Morgan fingerprint density at radius 1 is 1.00 bits per heavy atom. The zero-order valence-corrected chi connectivity index (χ0v) is 14.3. The second kappa shape index (κ2) is 6.40. The third-order valence-corrected chi connectivity index (χ3v) is 5.09. The molecule has 2 aliphatic rings. The zero-order chi connectivity index (χ0) is 18.3. The van der Waals surface area contributed by atoms with Crippen LogP contribution in [0.3, 0.4) is 0 Å². The fraction of sp³-hybridized carbons (Fsp3) is 0.368. The minimum Gasteiger partial charge on any atom is -0.478 e. The van der Waals surface area contributed by atoms with Crippen LogP contribution < -0.4 is 5.56 Å². The molecule has 0 atom stereocenters. The summed E-state index contributed by atoms with van der Waals surface area (Å²) in [7, 11) is 0. The smallest absolute Gasteiger partial charge is 0.335 e. The van der Waals surface area contributed by atoms with Crippen molar-refractivity contribution in [1.29, 1.82) is 0 Å². The third kappa shape index (κ3) is 2.79. The van der Waals surface area contributed by atoms with Crippen LogP contribution in [0.5, 0.6) is 0 Å². The number of hydrogen-bond acceptors (Lipinski definition) is 4. The van der Waals surface area contributed by atoms with Gasteiger partial charge in [-0.25, -0.2) is 9.78 Å². The van der Waals surface area contributed by atoms with E-state index in [2.05, 4.69) is 4.98 Å². The van der Waals surface area contributed by atoms with Gasteiger partial charge in [-0.2, -0.15) is 0 Å². The number of carboxylic acid groups (broad SMARTS) is 1. The van der Waals surface area contributed by atoms with Crippen LogP contribution in [0.1, 0.15) is 50.6 Å². The molecule has 0 spiro atoms. The number of rotatable bonds is 2. The fourth-order valence-electron chi connectivity index (χ4n) is 3.65. The summed E-state index contributed by atoms with van der Waals surface area (Å²) in [5, 5.41) is 8.96.